The van der Waals surface area contributed by atoms with Crippen molar-refractivity contribution in [3.05, 3.63) is 11.8 Å². The Morgan fingerprint density at radius 1 is 1.50 bits per heavy atom. The maximum absolute atomic E-state index is 11.8. The molecule has 0 saturated heterocycles. The van der Waals surface area contributed by atoms with E-state index in [0.29, 0.717) is 0 Å². The third kappa shape index (κ3) is 4.48. The van der Waals surface area contributed by atoms with E-state index in [4.69, 9.17) is 5.73 Å². The van der Waals surface area contributed by atoms with Crippen LogP contribution in [0.5, 0.6) is 0 Å². The number of H-pyrrole nitrogens is 1. The Kier molecular flexibility index (Phi) is 5.01. The van der Waals surface area contributed by atoms with Crippen molar-refractivity contribution in [1.29, 1.82) is 0 Å². The first kappa shape index (κ1) is 15.3. The van der Waals surface area contributed by atoms with Gasteiger partial charge in [0.2, 0.25) is 0 Å². The first-order valence-electron chi connectivity index (χ1n) is 4.69. The molecule has 0 spiro atoms. The molecule has 1 aromatic rings. The Bertz CT molecular complexity index is 485. The van der Waals surface area contributed by atoms with Crippen LogP contribution in [-0.2, 0) is 16.6 Å². The van der Waals surface area contributed by atoms with Gasteiger partial charge in [0.15, 0.2) is 5.03 Å². The van der Waals surface area contributed by atoms with Crippen LogP contribution in [0, 0.1) is 0 Å². The van der Waals surface area contributed by atoms with Crippen molar-refractivity contribution >= 4 is 21.8 Å². The lowest BCUT2D eigenvalue weighted by molar-refractivity contribution is -0.0327. The summed E-state index contributed by atoms with van der Waals surface area (Å²) in [7, 11) is -3.91. The molecule has 4 N–H and O–H groups in total. The van der Waals surface area contributed by atoms with Crippen LogP contribution >= 0.6 is 11.8 Å². The average molecular weight is 304 g/mol. The second-order valence-electron chi connectivity index (χ2n) is 3.12. The van der Waals surface area contributed by atoms with Gasteiger partial charge in [0.1, 0.15) is 0 Å². The van der Waals surface area contributed by atoms with Gasteiger partial charge >= 0.3 is 5.51 Å². The van der Waals surface area contributed by atoms with Gasteiger partial charge in [-0.2, -0.15) is 18.3 Å². The molecule has 0 radical (unpaired) electrons. The highest BCUT2D eigenvalue weighted by atomic mass is 32.2. The van der Waals surface area contributed by atoms with Crippen LogP contribution in [0.4, 0.5) is 13.2 Å². The van der Waals surface area contributed by atoms with Crippen LogP contribution in [0.3, 0.4) is 0 Å². The Hall–Kier alpha value is -0.780. The zero-order chi connectivity index (χ0) is 13.8. The van der Waals surface area contributed by atoms with Crippen molar-refractivity contribution in [2.45, 2.75) is 17.1 Å². The van der Waals surface area contributed by atoms with E-state index >= 15 is 0 Å². The van der Waals surface area contributed by atoms with E-state index in [9.17, 15) is 21.6 Å². The number of aromatic nitrogens is 2. The fourth-order valence-corrected chi connectivity index (χ4v) is 2.83. The van der Waals surface area contributed by atoms with Crippen molar-refractivity contribution in [1.82, 2.24) is 14.9 Å². The van der Waals surface area contributed by atoms with Gasteiger partial charge in [-0.25, -0.2) is 13.1 Å². The molecule has 0 aromatic carbocycles. The molecule has 0 aliphatic carbocycles. The average Bonchev–Trinajstić information content (AvgIpc) is 2.72. The number of sulfonamides is 1. The summed E-state index contributed by atoms with van der Waals surface area (Å²) in [6.07, 6.45) is 1.25. The number of hydrogen-bond donors (Lipinski definition) is 3. The van der Waals surface area contributed by atoms with Crippen LogP contribution in [0.25, 0.3) is 0 Å². The Morgan fingerprint density at radius 2 is 2.17 bits per heavy atom. The summed E-state index contributed by atoms with van der Waals surface area (Å²) in [5, 5.41) is 5.54. The quantitative estimate of drug-likeness (QED) is 0.660. The number of hydrogen-bond acceptors (Lipinski definition) is 5. The third-order valence-corrected chi connectivity index (χ3v) is 4.04. The monoisotopic (exact) mass is 304 g/mol. The number of rotatable bonds is 6. The molecule has 0 amide bonds. The normalized spacial score (nSPS) is 12.9. The summed E-state index contributed by atoms with van der Waals surface area (Å²) < 4.78 is 60.8. The molecule has 0 aliphatic heterocycles. The zero-order valence-corrected chi connectivity index (χ0v) is 10.6. The number of thioether (sulfide) groups is 1. The Morgan fingerprint density at radius 3 is 2.72 bits per heavy atom. The van der Waals surface area contributed by atoms with Crippen LogP contribution < -0.4 is 10.5 Å². The Balaban J connectivity index is 2.56. The summed E-state index contributed by atoms with van der Waals surface area (Å²) in [6.45, 7) is -0.375. The molecule has 1 aromatic heterocycles. The SMILES string of the molecule is NCc1cn[nH]c1S(=O)(=O)NCCSC(F)(F)F. The molecule has 0 aliphatic rings. The first-order chi connectivity index (χ1) is 8.26. The van der Waals surface area contributed by atoms with E-state index in [1.807, 2.05) is 4.72 Å². The van der Waals surface area contributed by atoms with Gasteiger partial charge in [-0.1, -0.05) is 0 Å². The number of nitrogens with one attached hydrogen (secondary N) is 2. The summed E-state index contributed by atoms with van der Waals surface area (Å²) in [5.74, 6) is -0.408. The number of nitrogens with two attached hydrogens (primary N) is 1. The van der Waals surface area contributed by atoms with E-state index in [-0.39, 0.29) is 35.4 Å². The van der Waals surface area contributed by atoms with Crippen molar-refractivity contribution < 1.29 is 21.6 Å². The lowest BCUT2D eigenvalue weighted by Crippen LogP contribution is -2.28. The minimum atomic E-state index is -4.37. The molecule has 0 saturated carbocycles. The lowest BCUT2D eigenvalue weighted by Gasteiger charge is -2.07. The second kappa shape index (κ2) is 5.91. The number of nitrogens with zero attached hydrogens (tertiary/aromatic N) is 1. The largest absolute Gasteiger partial charge is 0.441 e. The Labute approximate surface area is 106 Å². The van der Waals surface area contributed by atoms with E-state index in [1.165, 1.54) is 6.20 Å². The number of alkyl halides is 3. The maximum atomic E-state index is 11.8. The van der Waals surface area contributed by atoms with Gasteiger partial charge in [0.05, 0.1) is 6.20 Å². The van der Waals surface area contributed by atoms with E-state index < -0.39 is 21.3 Å². The summed E-state index contributed by atoms with van der Waals surface area (Å²) in [4.78, 5) is 0. The summed E-state index contributed by atoms with van der Waals surface area (Å²) >= 11 is -0.296. The fourth-order valence-electron chi connectivity index (χ4n) is 1.09. The van der Waals surface area contributed by atoms with Crippen LogP contribution in [0.2, 0.25) is 0 Å². The molecule has 1 heterocycles. The van der Waals surface area contributed by atoms with Gasteiger partial charge in [-0.3, -0.25) is 5.10 Å². The molecule has 18 heavy (non-hydrogen) atoms. The highest BCUT2D eigenvalue weighted by Crippen LogP contribution is 2.29. The standard InChI is InChI=1S/C7H11F3N4O2S2/c8-7(9,10)17-2-1-13-18(15,16)6-5(3-11)4-12-14-6/h4,13H,1-3,11H2,(H,12,14). The van der Waals surface area contributed by atoms with E-state index in [0.717, 1.165) is 0 Å². The minimum absolute atomic E-state index is 0.0377. The molecular formula is C7H11F3N4O2S2. The lowest BCUT2D eigenvalue weighted by atomic mass is 10.4. The molecule has 0 unspecified atom stereocenters. The number of halogens is 3. The van der Waals surface area contributed by atoms with Crippen LogP contribution in [-0.4, -0.2) is 36.4 Å². The predicted molar refractivity (Wildman–Crippen MR) is 60.2 cm³/mol. The van der Waals surface area contributed by atoms with Crippen molar-refractivity contribution in [2.75, 3.05) is 12.3 Å². The van der Waals surface area contributed by atoms with Gasteiger partial charge in [-0.05, 0) is 11.8 Å². The van der Waals surface area contributed by atoms with Gasteiger partial charge in [0.25, 0.3) is 10.0 Å². The predicted octanol–water partition coefficient (Wildman–Crippen LogP) is 0.400. The van der Waals surface area contributed by atoms with Crippen molar-refractivity contribution in [2.24, 2.45) is 5.73 Å². The minimum Gasteiger partial charge on any atom is -0.326 e. The molecule has 0 fully saturated rings. The molecule has 11 heteroatoms. The zero-order valence-electron chi connectivity index (χ0n) is 8.99. The molecule has 6 nitrogen and oxygen atoms in total. The summed E-state index contributed by atoms with van der Waals surface area (Å²) in [5.41, 5.74) is 1.19. The first-order valence-corrected chi connectivity index (χ1v) is 7.16. The topological polar surface area (TPSA) is 101 Å². The van der Waals surface area contributed by atoms with E-state index in [2.05, 4.69) is 10.2 Å². The number of aromatic amines is 1. The molecule has 1 rings (SSSR count). The third-order valence-electron chi connectivity index (χ3n) is 1.83. The van der Waals surface area contributed by atoms with E-state index in [1.54, 1.807) is 0 Å². The highest BCUT2D eigenvalue weighted by molar-refractivity contribution is 8.00. The van der Waals surface area contributed by atoms with Crippen molar-refractivity contribution in [3.63, 3.8) is 0 Å². The van der Waals surface area contributed by atoms with Gasteiger partial charge in [-0.15, -0.1) is 0 Å². The highest BCUT2D eigenvalue weighted by Gasteiger charge is 2.28. The second-order valence-corrected chi connectivity index (χ2v) is 5.98. The molecule has 0 atom stereocenters. The fraction of sp³-hybridized carbons (Fsp3) is 0.571. The van der Waals surface area contributed by atoms with Gasteiger partial charge in [0, 0.05) is 24.4 Å². The van der Waals surface area contributed by atoms with Gasteiger partial charge < -0.3 is 5.73 Å². The molecule has 0 bridgehead atoms. The van der Waals surface area contributed by atoms with Crippen LogP contribution in [0.15, 0.2) is 11.2 Å². The smallest absolute Gasteiger partial charge is 0.326 e. The maximum Gasteiger partial charge on any atom is 0.441 e. The van der Waals surface area contributed by atoms with Crippen LogP contribution in [0.1, 0.15) is 5.56 Å². The molecular weight excluding hydrogens is 293 g/mol. The summed E-state index contributed by atoms with van der Waals surface area (Å²) in [6, 6.07) is 0. The van der Waals surface area contributed by atoms with Crippen molar-refractivity contribution in [3.8, 4) is 0 Å². The molecule has 104 valence electrons.